The van der Waals surface area contributed by atoms with Crippen molar-refractivity contribution >= 4 is 11.6 Å². The van der Waals surface area contributed by atoms with E-state index in [1.165, 1.54) is 5.56 Å². The van der Waals surface area contributed by atoms with Crippen LogP contribution in [0.3, 0.4) is 0 Å². The van der Waals surface area contributed by atoms with E-state index in [-0.39, 0.29) is 0 Å². The molecule has 0 saturated heterocycles. The highest BCUT2D eigenvalue weighted by atomic mass is 35.5. The summed E-state index contributed by atoms with van der Waals surface area (Å²) < 4.78 is 0. The van der Waals surface area contributed by atoms with Gasteiger partial charge in [-0.3, -0.25) is 0 Å². The van der Waals surface area contributed by atoms with Gasteiger partial charge in [-0.2, -0.15) is 0 Å². The summed E-state index contributed by atoms with van der Waals surface area (Å²) in [4.78, 5) is 2.38. The van der Waals surface area contributed by atoms with E-state index in [1.54, 1.807) is 0 Å². The van der Waals surface area contributed by atoms with Gasteiger partial charge in [-0.05, 0) is 50.2 Å². The van der Waals surface area contributed by atoms with Crippen LogP contribution in [-0.4, -0.2) is 32.1 Å². The Hall–Kier alpha value is -0.570. The third-order valence-corrected chi connectivity index (χ3v) is 3.57. The van der Waals surface area contributed by atoms with E-state index in [2.05, 4.69) is 43.2 Å². The van der Waals surface area contributed by atoms with Gasteiger partial charge in [0.2, 0.25) is 0 Å². The maximum atomic E-state index is 5.89. The number of nitrogens with zero attached hydrogens (tertiary/aromatic N) is 1. The molecule has 0 aliphatic rings. The highest BCUT2D eigenvalue weighted by Crippen LogP contribution is 2.14. The fourth-order valence-corrected chi connectivity index (χ4v) is 2.27. The summed E-state index contributed by atoms with van der Waals surface area (Å²) in [5, 5.41) is 4.08. The van der Waals surface area contributed by atoms with E-state index in [1.807, 2.05) is 19.2 Å². The number of nitrogens with one attached hydrogen (secondary N) is 1. The van der Waals surface area contributed by atoms with Crippen LogP contribution in [0.15, 0.2) is 24.3 Å². The van der Waals surface area contributed by atoms with Crippen molar-refractivity contribution in [2.24, 2.45) is 11.8 Å². The Morgan fingerprint density at radius 2 is 1.83 bits per heavy atom. The Labute approximate surface area is 116 Å². The second-order valence-corrected chi connectivity index (χ2v) is 5.82. The van der Waals surface area contributed by atoms with Gasteiger partial charge in [0.1, 0.15) is 0 Å². The number of hydrogen-bond acceptors (Lipinski definition) is 2. The van der Waals surface area contributed by atoms with Gasteiger partial charge >= 0.3 is 0 Å². The lowest BCUT2D eigenvalue weighted by Gasteiger charge is -2.26. The summed E-state index contributed by atoms with van der Waals surface area (Å²) in [6, 6.07) is 8.11. The molecule has 0 saturated carbocycles. The molecule has 1 atom stereocenters. The Morgan fingerprint density at radius 1 is 1.22 bits per heavy atom. The standard InChI is InChI=1S/C15H25ClN2/c1-12(2)14(9-17-3)11-18(4)10-13-5-7-15(16)8-6-13/h5-8,12,14,17H,9-11H2,1-4H3. The summed E-state index contributed by atoms with van der Waals surface area (Å²) >= 11 is 5.89. The van der Waals surface area contributed by atoms with Crippen LogP contribution in [0.4, 0.5) is 0 Å². The van der Waals surface area contributed by atoms with E-state index >= 15 is 0 Å². The monoisotopic (exact) mass is 268 g/mol. The molecular weight excluding hydrogens is 244 g/mol. The Morgan fingerprint density at radius 3 is 2.33 bits per heavy atom. The van der Waals surface area contributed by atoms with E-state index < -0.39 is 0 Å². The first-order valence-electron chi connectivity index (χ1n) is 6.60. The topological polar surface area (TPSA) is 15.3 Å². The second-order valence-electron chi connectivity index (χ2n) is 5.38. The molecule has 0 aliphatic carbocycles. The fourth-order valence-electron chi connectivity index (χ4n) is 2.14. The lowest BCUT2D eigenvalue weighted by molar-refractivity contribution is 0.227. The maximum Gasteiger partial charge on any atom is 0.0406 e. The Bertz CT molecular complexity index is 335. The summed E-state index contributed by atoms with van der Waals surface area (Å²) in [6.07, 6.45) is 0. The molecule has 0 bridgehead atoms. The molecule has 0 fully saturated rings. The van der Waals surface area contributed by atoms with Crippen LogP contribution in [0.2, 0.25) is 5.02 Å². The first-order chi connectivity index (χ1) is 8.52. The lowest BCUT2D eigenvalue weighted by Crippen LogP contribution is -2.34. The molecule has 3 heteroatoms. The van der Waals surface area contributed by atoms with E-state index in [9.17, 15) is 0 Å². The van der Waals surface area contributed by atoms with Gasteiger partial charge in [0.25, 0.3) is 0 Å². The number of benzene rings is 1. The normalized spacial score (nSPS) is 13.3. The smallest absolute Gasteiger partial charge is 0.0406 e. The van der Waals surface area contributed by atoms with Crippen LogP contribution in [0, 0.1) is 11.8 Å². The van der Waals surface area contributed by atoms with Gasteiger partial charge in [0.15, 0.2) is 0 Å². The highest BCUT2D eigenvalue weighted by Gasteiger charge is 2.14. The molecule has 1 N–H and O–H groups in total. The van der Waals surface area contributed by atoms with Crippen molar-refractivity contribution in [3.63, 3.8) is 0 Å². The average molecular weight is 269 g/mol. The summed E-state index contributed by atoms with van der Waals surface area (Å²) in [6.45, 7) is 7.74. The number of halogens is 1. The maximum absolute atomic E-state index is 5.89. The van der Waals surface area contributed by atoms with Gasteiger partial charge < -0.3 is 10.2 Å². The molecule has 102 valence electrons. The van der Waals surface area contributed by atoms with Crippen LogP contribution in [0.5, 0.6) is 0 Å². The molecule has 0 heterocycles. The summed E-state index contributed by atoms with van der Waals surface area (Å²) in [7, 11) is 4.20. The van der Waals surface area contributed by atoms with Gasteiger partial charge in [0.05, 0.1) is 0 Å². The second kappa shape index (κ2) is 7.78. The molecule has 18 heavy (non-hydrogen) atoms. The molecule has 0 spiro atoms. The molecule has 1 unspecified atom stereocenters. The van der Waals surface area contributed by atoms with Crippen molar-refractivity contribution in [3.8, 4) is 0 Å². The van der Waals surface area contributed by atoms with Crippen molar-refractivity contribution in [2.45, 2.75) is 20.4 Å². The van der Waals surface area contributed by atoms with Crippen molar-refractivity contribution < 1.29 is 0 Å². The van der Waals surface area contributed by atoms with Crippen LogP contribution >= 0.6 is 11.6 Å². The molecule has 1 aromatic rings. The molecule has 2 nitrogen and oxygen atoms in total. The zero-order valence-electron chi connectivity index (χ0n) is 11.9. The SMILES string of the molecule is CNCC(CN(C)Cc1ccc(Cl)cc1)C(C)C. The predicted molar refractivity (Wildman–Crippen MR) is 80.0 cm³/mol. The third kappa shape index (κ3) is 5.38. The minimum Gasteiger partial charge on any atom is -0.319 e. The quantitative estimate of drug-likeness (QED) is 0.817. The zero-order chi connectivity index (χ0) is 13.5. The molecule has 1 rings (SSSR count). The van der Waals surface area contributed by atoms with Gasteiger partial charge in [-0.25, -0.2) is 0 Å². The molecule has 0 aromatic heterocycles. The summed E-state index contributed by atoms with van der Waals surface area (Å²) in [5.74, 6) is 1.39. The van der Waals surface area contributed by atoms with Gasteiger partial charge in [-0.15, -0.1) is 0 Å². The van der Waals surface area contributed by atoms with E-state index in [0.29, 0.717) is 11.8 Å². The molecule has 0 aliphatic heterocycles. The molecule has 0 amide bonds. The van der Waals surface area contributed by atoms with Gasteiger partial charge in [0, 0.05) is 18.1 Å². The van der Waals surface area contributed by atoms with Crippen molar-refractivity contribution in [2.75, 3.05) is 27.2 Å². The number of rotatable bonds is 7. The Kier molecular flexibility index (Phi) is 6.69. The first-order valence-corrected chi connectivity index (χ1v) is 6.98. The molecular formula is C15H25ClN2. The van der Waals surface area contributed by atoms with Crippen molar-refractivity contribution in [1.29, 1.82) is 0 Å². The van der Waals surface area contributed by atoms with E-state index in [4.69, 9.17) is 11.6 Å². The lowest BCUT2D eigenvalue weighted by atomic mass is 9.95. The predicted octanol–water partition coefficient (Wildman–Crippen LogP) is 3.26. The zero-order valence-corrected chi connectivity index (χ0v) is 12.7. The van der Waals surface area contributed by atoms with Crippen LogP contribution in [0.25, 0.3) is 0 Å². The largest absolute Gasteiger partial charge is 0.319 e. The number of hydrogen-bond donors (Lipinski definition) is 1. The van der Waals surface area contributed by atoms with Crippen molar-refractivity contribution in [1.82, 2.24) is 10.2 Å². The van der Waals surface area contributed by atoms with Crippen molar-refractivity contribution in [3.05, 3.63) is 34.9 Å². The fraction of sp³-hybridized carbons (Fsp3) is 0.600. The van der Waals surface area contributed by atoms with E-state index in [0.717, 1.165) is 24.7 Å². The first kappa shape index (κ1) is 15.5. The minimum absolute atomic E-state index is 0.687. The summed E-state index contributed by atoms with van der Waals surface area (Å²) in [5.41, 5.74) is 1.31. The van der Waals surface area contributed by atoms with Crippen LogP contribution in [0.1, 0.15) is 19.4 Å². The molecule has 0 radical (unpaired) electrons. The van der Waals surface area contributed by atoms with Crippen LogP contribution < -0.4 is 5.32 Å². The highest BCUT2D eigenvalue weighted by molar-refractivity contribution is 6.30. The molecule has 1 aromatic carbocycles. The Balaban J connectivity index is 2.49. The minimum atomic E-state index is 0.687. The third-order valence-electron chi connectivity index (χ3n) is 3.32. The van der Waals surface area contributed by atoms with Crippen LogP contribution in [-0.2, 0) is 6.54 Å². The average Bonchev–Trinajstić information content (AvgIpc) is 2.31. The van der Waals surface area contributed by atoms with Gasteiger partial charge in [-0.1, -0.05) is 37.6 Å².